The van der Waals surface area contributed by atoms with E-state index in [9.17, 15) is 14.4 Å². The molecular weight excluding hydrogens is 320 g/mol. The monoisotopic (exact) mass is 344 g/mol. The van der Waals surface area contributed by atoms with Gasteiger partial charge in [-0.3, -0.25) is 14.5 Å². The molecular formula is C18H24N4O3. The molecule has 0 bridgehead atoms. The molecule has 0 aliphatic carbocycles. The maximum atomic E-state index is 12.8. The summed E-state index contributed by atoms with van der Waals surface area (Å²) in [5, 5.41) is 2.73. The third-order valence-electron chi connectivity index (χ3n) is 5.09. The minimum atomic E-state index is -1.13. The number of urea groups is 1. The van der Waals surface area contributed by atoms with E-state index in [0.717, 1.165) is 24.5 Å². The fourth-order valence-electron chi connectivity index (χ4n) is 3.36. The zero-order valence-corrected chi connectivity index (χ0v) is 14.7. The van der Waals surface area contributed by atoms with Gasteiger partial charge in [0.2, 0.25) is 5.91 Å². The van der Waals surface area contributed by atoms with Gasteiger partial charge in [-0.05, 0) is 19.0 Å². The highest BCUT2D eigenvalue weighted by molar-refractivity contribution is 6.09. The molecule has 7 heteroatoms. The van der Waals surface area contributed by atoms with Crippen LogP contribution in [0.1, 0.15) is 19.4 Å². The van der Waals surface area contributed by atoms with E-state index >= 15 is 0 Å². The van der Waals surface area contributed by atoms with Crippen molar-refractivity contribution in [3.63, 3.8) is 0 Å². The summed E-state index contributed by atoms with van der Waals surface area (Å²) in [6.07, 6.45) is 0. The Morgan fingerprint density at radius 1 is 1.12 bits per heavy atom. The number of rotatable bonds is 4. The molecule has 7 nitrogen and oxygen atoms in total. The predicted octanol–water partition coefficient (Wildman–Crippen LogP) is 0.618. The number of hydrogen-bond donors (Lipinski definition) is 1. The third-order valence-corrected chi connectivity index (χ3v) is 5.09. The molecule has 0 radical (unpaired) electrons. The molecule has 134 valence electrons. The fraction of sp³-hybridized carbons (Fsp3) is 0.500. The summed E-state index contributed by atoms with van der Waals surface area (Å²) in [6, 6.07) is 8.57. The first-order valence-electron chi connectivity index (χ1n) is 8.65. The van der Waals surface area contributed by atoms with E-state index in [1.807, 2.05) is 18.2 Å². The van der Waals surface area contributed by atoms with E-state index in [1.54, 1.807) is 24.0 Å². The van der Waals surface area contributed by atoms with Crippen LogP contribution >= 0.6 is 0 Å². The number of piperazine rings is 1. The Hall–Kier alpha value is -2.41. The van der Waals surface area contributed by atoms with Crippen molar-refractivity contribution in [2.24, 2.45) is 0 Å². The zero-order valence-electron chi connectivity index (χ0n) is 14.7. The van der Waals surface area contributed by atoms with Gasteiger partial charge in [0, 0.05) is 26.2 Å². The number of carbonyl (C=O) groups is 3. The Morgan fingerprint density at radius 2 is 1.76 bits per heavy atom. The van der Waals surface area contributed by atoms with Crippen LogP contribution in [0.4, 0.5) is 4.79 Å². The number of hydrogen-bond acceptors (Lipinski definition) is 4. The second-order valence-corrected chi connectivity index (χ2v) is 6.63. The molecule has 1 atom stereocenters. The molecule has 0 spiro atoms. The minimum absolute atomic E-state index is 0.184. The first-order chi connectivity index (χ1) is 12.0. The molecule has 2 heterocycles. The average Bonchev–Trinajstić information content (AvgIpc) is 2.86. The summed E-state index contributed by atoms with van der Waals surface area (Å²) < 4.78 is 0. The smallest absolute Gasteiger partial charge is 0.325 e. The van der Waals surface area contributed by atoms with Crippen LogP contribution in [-0.4, -0.2) is 71.8 Å². The van der Waals surface area contributed by atoms with E-state index in [4.69, 9.17) is 0 Å². The largest absolute Gasteiger partial charge is 0.339 e. The molecule has 1 aromatic rings. The van der Waals surface area contributed by atoms with Gasteiger partial charge in [0.15, 0.2) is 0 Å². The molecule has 3 rings (SSSR count). The van der Waals surface area contributed by atoms with E-state index in [0.29, 0.717) is 18.7 Å². The molecule has 0 aromatic heterocycles. The quantitative estimate of drug-likeness (QED) is 0.813. The number of benzene rings is 1. The van der Waals surface area contributed by atoms with E-state index in [-0.39, 0.29) is 18.4 Å². The normalized spacial score (nSPS) is 24.6. The predicted molar refractivity (Wildman–Crippen MR) is 92.7 cm³/mol. The van der Waals surface area contributed by atoms with Crippen molar-refractivity contribution >= 4 is 17.8 Å². The van der Waals surface area contributed by atoms with Gasteiger partial charge in [0.05, 0.1) is 0 Å². The Morgan fingerprint density at radius 3 is 2.36 bits per heavy atom. The summed E-state index contributed by atoms with van der Waals surface area (Å²) in [5.74, 6) is -0.569. The minimum Gasteiger partial charge on any atom is -0.339 e. The van der Waals surface area contributed by atoms with Crippen LogP contribution in [0.15, 0.2) is 30.3 Å². The molecule has 2 saturated heterocycles. The number of amides is 4. The van der Waals surface area contributed by atoms with Crippen LogP contribution < -0.4 is 5.32 Å². The zero-order chi connectivity index (χ0) is 18.0. The maximum absolute atomic E-state index is 12.8. The van der Waals surface area contributed by atoms with Gasteiger partial charge in [0.1, 0.15) is 12.1 Å². The molecule has 2 aliphatic heterocycles. The molecule has 4 amide bonds. The number of nitrogens with zero attached hydrogens (tertiary/aromatic N) is 3. The van der Waals surface area contributed by atoms with Gasteiger partial charge in [-0.2, -0.15) is 0 Å². The molecule has 0 saturated carbocycles. The third kappa shape index (κ3) is 3.24. The summed E-state index contributed by atoms with van der Waals surface area (Å²) in [5.41, 5.74) is -0.417. The SMILES string of the molecule is CCN1CCN(C(=O)CN2C(=O)NC(C)(c3ccccc3)C2=O)CC1. The molecule has 1 N–H and O–H groups in total. The van der Waals surface area contributed by atoms with Crippen LogP contribution in [0.2, 0.25) is 0 Å². The van der Waals surface area contributed by atoms with Crippen molar-refractivity contribution in [3.8, 4) is 0 Å². The number of nitrogens with one attached hydrogen (secondary N) is 1. The molecule has 1 unspecified atom stereocenters. The van der Waals surface area contributed by atoms with E-state index < -0.39 is 11.6 Å². The lowest BCUT2D eigenvalue weighted by Gasteiger charge is -2.34. The second kappa shape index (κ2) is 6.84. The summed E-state index contributed by atoms with van der Waals surface area (Å²) in [7, 11) is 0. The Labute approximate surface area is 147 Å². The van der Waals surface area contributed by atoms with Gasteiger partial charge in [-0.25, -0.2) is 4.79 Å². The lowest BCUT2D eigenvalue weighted by Crippen LogP contribution is -2.52. The Bertz CT molecular complexity index is 670. The first-order valence-corrected chi connectivity index (χ1v) is 8.65. The number of carbonyl (C=O) groups excluding carboxylic acids is 3. The lowest BCUT2D eigenvalue weighted by molar-refractivity contribution is -0.139. The molecule has 25 heavy (non-hydrogen) atoms. The number of likely N-dealkylation sites (N-methyl/N-ethyl adjacent to an activating group) is 1. The van der Waals surface area contributed by atoms with E-state index in [2.05, 4.69) is 17.1 Å². The molecule has 1 aromatic carbocycles. The highest BCUT2D eigenvalue weighted by Gasteiger charge is 2.49. The van der Waals surface area contributed by atoms with Crippen molar-refractivity contribution in [1.29, 1.82) is 0 Å². The summed E-state index contributed by atoms with van der Waals surface area (Å²) in [4.78, 5) is 42.7. The highest BCUT2D eigenvalue weighted by atomic mass is 16.2. The van der Waals surface area contributed by atoms with Gasteiger partial charge in [-0.15, -0.1) is 0 Å². The summed E-state index contributed by atoms with van der Waals surface area (Å²) >= 11 is 0. The van der Waals surface area contributed by atoms with Gasteiger partial charge < -0.3 is 15.1 Å². The Balaban J connectivity index is 1.68. The van der Waals surface area contributed by atoms with Crippen molar-refractivity contribution in [1.82, 2.24) is 20.0 Å². The molecule has 2 aliphatic rings. The maximum Gasteiger partial charge on any atom is 0.325 e. The molecule has 2 fully saturated rings. The fourth-order valence-corrected chi connectivity index (χ4v) is 3.36. The van der Waals surface area contributed by atoms with Crippen LogP contribution in [0.5, 0.6) is 0 Å². The second-order valence-electron chi connectivity index (χ2n) is 6.63. The van der Waals surface area contributed by atoms with Crippen molar-refractivity contribution in [3.05, 3.63) is 35.9 Å². The van der Waals surface area contributed by atoms with Crippen molar-refractivity contribution < 1.29 is 14.4 Å². The van der Waals surface area contributed by atoms with Crippen molar-refractivity contribution in [2.75, 3.05) is 39.3 Å². The summed E-state index contributed by atoms with van der Waals surface area (Å²) in [6.45, 7) is 7.43. The van der Waals surface area contributed by atoms with Crippen LogP contribution in [0, 0.1) is 0 Å². The average molecular weight is 344 g/mol. The van der Waals surface area contributed by atoms with Gasteiger partial charge in [0.25, 0.3) is 5.91 Å². The Kier molecular flexibility index (Phi) is 4.76. The van der Waals surface area contributed by atoms with Crippen molar-refractivity contribution in [2.45, 2.75) is 19.4 Å². The lowest BCUT2D eigenvalue weighted by atomic mass is 9.92. The topological polar surface area (TPSA) is 73.0 Å². The number of imide groups is 1. The standard InChI is InChI=1S/C18H24N4O3/c1-3-20-9-11-21(12-10-20)15(23)13-22-16(24)18(2,19-17(22)25)14-7-5-4-6-8-14/h4-8H,3,9-13H2,1-2H3,(H,19,25). The van der Waals surface area contributed by atoms with Crippen LogP contribution in [0.25, 0.3) is 0 Å². The first kappa shape index (κ1) is 17.4. The van der Waals surface area contributed by atoms with E-state index in [1.165, 1.54) is 0 Å². The van der Waals surface area contributed by atoms with Gasteiger partial charge in [-0.1, -0.05) is 37.3 Å². The van der Waals surface area contributed by atoms with Gasteiger partial charge >= 0.3 is 6.03 Å². The van der Waals surface area contributed by atoms with Crippen LogP contribution in [-0.2, 0) is 15.1 Å². The highest BCUT2D eigenvalue weighted by Crippen LogP contribution is 2.28. The van der Waals surface area contributed by atoms with Crippen LogP contribution in [0.3, 0.4) is 0 Å².